The molecule has 0 aliphatic carbocycles. The Bertz CT molecular complexity index is 875. The Morgan fingerprint density at radius 3 is 2.08 bits per heavy atom. The molecule has 0 atom stereocenters. The Morgan fingerprint density at radius 2 is 1.46 bits per heavy atom. The fourth-order valence-corrected chi connectivity index (χ4v) is 2.79. The van der Waals surface area contributed by atoms with Crippen LogP contribution in [0, 0.1) is 13.8 Å². The summed E-state index contributed by atoms with van der Waals surface area (Å²) in [5, 5.41) is 14.6. The van der Waals surface area contributed by atoms with Crippen LogP contribution in [0.25, 0.3) is 0 Å². The van der Waals surface area contributed by atoms with Crippen molar-refractivity contribution in [3.8, 4) is 0 Å². The van der Waals surface area contributed by atoms with Gasteiger partial charge in [-0.3, -0.25) is 0 Å². The van der Waals surface area contributed by atoms with Crippen molar-refractivity contribution < 1.29 is 0 Å². The van der Waals surface area contributed by atoms with Crippen LogP contribution in [-0.4, -0.2) is 15.2 Å². The molecule has 5 nitrogen and oxygen atoms in total. The van der Waals surface area contributed by atoms with Crippen LogP contribution in [0.4, 0.5) is 23.1 Å². The topological polar surface area (TPSA) is 62.7 Å². The van der Waals surface area contributed by atoms with Crippen molar-refractivity contribution in [3.05, 3.63) is 65.4 Å². The van der Waals surface area contributed by atoms with Crippen molar-refractivity contribution >= 4 is 23.1 Å². The summed E-state index contributed by atoms with van der Waals surface area (Å²) in [5.74, 6) is 1.11. The number of aryl methyl sites for hydroxylation is 2. The molecule has 0 aliphatic heterocycles. The minimum atomic E-state index is 0.131. The van der Waals surface area contributed by atoms with Crippen LogP contribution in [0.15, 0.2) is 48.7 Å². The van der Waals surface area contributed by atoms with Crippen LogP contribution >= 0.6 is 0 Å². The number of anilines is 4. The zero-order valence-corrected chi connectivity index (χ0v) is 16.0. The van der Waals surface area contributed by atoms with E-state index in [-0.39, 0.29) is 5.41 Å². The van der Waals surface area contributed by atoms with Crippen molar-refractivity contribution in [2.45, 2.75) is 40.0 Å². The minimum Gasteiger partial charge on any atom is -0.339 e. The van der Waals surface area contributed by atoms with Crippen LogP contribution in [-0.2, 0) is 5.41 Å². The molecule has 134 valence electrons. The summed E-state index contributed by atoms with van der Waals surface area (Å²) in [7, 11) is 0. The van der Waals surface area contributed by atoms with E-state index >= 15 is 0 Å². The van der Waals surface area contributed by atoms with Crippen LogP contribution in [0.2, 0.25) is 0 Å². The van der Waals surface area contributed by atoms with Crippen LogP contribution in [0.1, 0.15) is 37.5 Å². The van der Waals surface area contributed by atoms with Gasteiger partial charge in [0, 0.05) is 11.4 Å². The standard InChI is InChI=1S/C21H25N5/c1-14-10-15(2)12-18(11-14)23-19-13-22-26-20(25-19)24-17-8-6-16(7-9-17)21(3,4)5/h6-13H,1-5H3,(H2,23,24,25,26). The molecule has 1 aromatic heterocycles. The SMILES string of the molecule is Cc1cc(C)cc(Nc2cnnc(Nc3ccc(C(C)(C)C)cc3)n2)c1. The second-order valence-electron chi connectivity index (χ2n) is 7.62. The highest BCUT2D eigenvalue weighted by Gasteiger charge is 2.13. The lowest BCUT2D eigenvalue weighted by molar-refractivity contribution is 0.590. The Hall–Kier alpha value is -2.95. The molecule has 0 spiro atoms. The van der Waals surface area contributed by atoms with Crippen molar-refractivity contribution in [2.24, 2.45) is 0 Å². The molecule has 3 rings (SSSR count). The summed E-state index contributed by atoms with van der Waals surface area (Å²) in [5.41, 5.74) is 5.74. The number of benzene rings is 2. The molecule has 2 aromatic carbocycles. The van der Waals surface area contributed by atoms with Gasteiger partial charge in [-0.15, -0.1) is 5.10 Å². The summed E-state index contributed by atoms with van der Waals surface area (Å²) in [4.78, 5) is 4.50. The van der Waals surface area contributed by atoms with E-state index in [0.29, 0.717) is 11.8 Å². The van der Waals surface area contributed by atoms with Gasteiger partial charge in [-0.2, -0.15) is 10.1 Å². The van der Waals surface area contributed by atoms with E-state index in [1.165, 1.54) is 16.7 Å². The molecule has 0 aliphatic rings. The maximum absolute atomic E-state index is 4.50. The second-order valence-corrected chi connectivity index (χ2v) is 7.62. The number of aromatic nitrogens is 3. The first kappa shape index (κ1) is 17.9. The van der Waals surface area contributed by atoms with E-state index in [2.05, 4.69) is 90.8 Å². The Labute approximate surface area is 154 Å². The average molecular weight is 347 g/mol. The molecule has 0 radical (unpaired) electrons. The Kier molecular flexibility index (Phi) is 4.89. The van der Waals surface area contributed by atoms with Gasteiger partial charge in [0.1, 0.15) is 0 Å². The van der Waals surface area contributed by atoms with E-state index in [4.69, 9.17) is 0 Å². The van der Waals surface area contributed by atoms with Gasteiger partial charge in [-0.1, -0.05) is 39.0 Å². The first-order valence-corrected chi connectivity index (χ1v) is 8.72. The normalized spacial score (nSPS) is 11.3. The van der Waals surface area contributed by atoms with Gasteiger partial charge in [0.25, 0.3) is 0 Å². The Balaban J connectivity index is 1.75. The molecule has 0 fully saturated rings. The molecule has 2 N–H and O–H groups in total. The molecule has 0 bridgehead atoms. The fourth-order valence-electron chi connectivity index (χ4n) is 2.79. The zero-order valence-electron chi connectivity index (χ0n) is 16.0. The predicted molar refractivity (Wildman–Crippen MR) is 107 cm³/mol. The Morgan fingerprint density at radius 1 is 0.808 bits per heavy atom. The van der Waals surface area contributed by atoms with Gasteiger partial charge in [0.15, 0.2) is 5.82 Å². The lowest BCUT2D eigenvalue weighted by Crippen LogP contribution is -2.10. The van der Waals surface area contributed by atoms with Crippen LogP contribution in [0.5, 0.6) is 0 Å². The maximum Gasteiger partial charge on any atom is 0.249 e. The molecule has 0 saturated heterocycles. The van der Waals surface area contributed by atoms with Gasteiger partial charge in [-0.25, -0.2) is 0 Å². The highest BCUT2D eigenvalue weighted by molar-refractivity contribution is 5.60. The van der Waals surface area contributed by atoms with Gasteiger partial charge >= 0.3 is 0 Å². The van der Waals surface area contributed by atoms with E-state index in [1.807, 2.05) is 12.1 Å². The quantitative estimate of drug-likeness (QED) is 0.673. The number of nitrogens with zero attached hydrogens (tertiary/aromatic N) is 3. The fraction of sp³-hybridized carbons (Fsp3) is 0.286. The van der Waals surface area contributed by atoms with Crippen molar-refractivity contribution in [2.75, 3.05) is 10.6 Å². The third kappa shape index (κ3) is 4.57. The highest BCUT2D eigenvalue weighted by Crippen LogP contribution is 2.24. The smallest absolute Gasteiger partial charge is 0.249 e. The first-order chi connectivity index (χ1) is 12.3. The summed E-state index contributed by atoms with van der Waals surface area (Å²) in [6.07, 6.45) is 1.62. The molecule has 26 heavy (non-hydrogen) atoms. The molecule has 3 aromatic rings. The molecular formula is C21H25N5. The van der Waals surface area contributed by atoms with E-state index in [0.717, 1.165) is 11.4 Å². The maximum atomic E-state index is 4.50. The third-order valence-corrected chi connectivity index (χ3v) is 4.06. The molecular weight excluding hydrogens is 322 g/mol. The van der Waals surface area contributed by atoms with Crippen molar-refractivity contribution in [1.29, 1.82) is 0 Å². The minimum absolute atomic E-state index is 0.131. The lowest BCUT2D eigenvalue weighted by atomic mass is 9.87. The highest BCUT2D eigenvalue weighted by atomic mass is 15.3. The molecule has 0 amide bonds. The average Bonchev–Trinajstić information content (AvgIpc) is 2.54. The number of hydrogen-bond donors (Lipinski definition) is 2. The molecule has 0 saturated carbocycles. The first-order valence-electron chi connectivity index (χ1n) is 8.72. The lowest BCUT2D eigenvalue weighted by Gasteiger charge is -2.19. The summed E-state index contributed by atoms with van der Waals surface area (Å²) in [6, 6.07) is 14.6. The summed E-state index contributed by atoms with van der Waals surface area (Å²) in [6.45, 7) is 10.7. The van der Waals surface area contributed by atoms with Gasteiger partial charge < -0.3 is 10.6 Å². The number of hydrogen-bond acceptors (Lipinski definition) is 5. The molecule has 5 heteroatoms. The number of nitrogens with one attached hydrogen (secondary N) is 2. The summed E-state index contributed by atoms with van der Waals surface area (Å²) >= 11 is 0. The largest absolute Gasteiger partial charge is 0.339 e. The molecule has 1 heterocycles. The van der Waals surface area contributed by atoms with Gasteiger partial charge in [-0.05, 0) is 60.2 Å². The zero-order chi connectivity index (χ0) is 18.7. The van der Waals surface area contributed by atoms with E-state index < -0.39 is 0 Å². The van der Waals surface area contributed by atoms with E-state index in [1.54, 1.807) is 6.20 Å². The van der Waals surface area contributed by atoms with Crippen molar-refractivity contribution in [1.82, 2.24) is 15.2 Å². The second kappa shape index (κ2) is 7.12. The van der Waals surface area contributed by atoms with Gasteiger partial charge in [0.05, 0.1) is 6.20 Å². The number of rotatable bonds is 4. The van der Waals surface area contributed by atoms with Gasteiger partial charge in [0.2, 0.25) is 5.95 Å². The molecule has 0 unspecified atom stereocenters. The summed E-state index contributed by atoms with van der Waals surface area (Å²) < 4.78 is 0. The van der Waals surface area contributed by atoms with E-state index in [9.17, 15) is 0 Å². The van der Waals surface area contributed by atoms with Crippen LogP contribution in [0.3, 0.4) is 0 Å². The monoisotopic (exact) mass is 347 g/mol. The predicted octanol–water partition coefficient (Wildman–Crippen LogP) is 5.27. The van der Waals surface area contributed by atoms with Crippen molar-refractivity contribution in [3.63, 3.8) is 0 Å². The van der Waals surface area contributed by atoms with Crippen LogP contribution < -0.4 is 10.6 Å². The third-order valence-electron chi connectivity index (χ3n) is 4.06.